The van der Waals surface area contributed by atoms with Gasteiger partial charge in [-0.15, -0.1) is 0 Å². The molecule has 0 unspecified atom stereocenters. The highest BCUT2D eigenvalue weighted by Crippen LogP contribution is 2.33. The van der Waals surface area contributed by atoms with Gasteiger partial charge in [0.05, 0.1) is 43.4 Å². The molecule has 0 saturated carbocycles. The Balaban J connectivity index is 1.57. The van der Waals surface area contributed by atoms with Crippen LogP contribution in [0.4, 0.5) is 0 Å². The molecule has 0 N–H and O–H groups in total. The molecule has 0 spiro atoms. The molecule has 0 aliphatic heterocycles. The summed E-state index contributed by atoms with van der Waals surface area (Å²) in [4.78, 5) is 15.5. The van der Waals surface area contributed by atoms with Gasteiger partial charge in [-0.1, -0.05) is 36.4 Å². The van der Waals surface area contributed by atoms with Gasteiger partial charge in [0.25, 0.3) is 5.91 Å². The topological polar surface area (TPSA) is 69.7 Å². The summed E-state index contributed by atoms with van der Waals surface area (Å²) in [5.74, 6) is 2.39. The number of rotatable bonds is 9. The Morgan fingerprint density at radius 1 is 0.895 bits per heavy atom. The van der Waals surface area contributed by atoms with E-state index in [-0.39, 0.29) is 19.0 Å². The van der Waals surface area contributed by atoms with E-state index >= 15 is 0 Å². The number of hydrogen-bond acceptors (Lipinski definition) is 5. The van der Waals surface area contributed by atoms with Crippen molar-refractivity contribution in [3.05, 3.63) is 125 Å². The van der Waals surface area contributed by atoms with Crippen LogP contribution in [0.1, 0.15) is 32.9 Å². The largest absolute Gasteiger partial charge is 0.497 e. The summed E-state index contributed by atoms with van der Waals surface area (Å²) in [6, 6.07) is 28.5. The zero-order valence-corrected chi connectivity index (χ0v) is 21.6. The van der Waals surface area contributed by atoms with E-state index in [0.717, 1.165) is 22.5 Å². The van der Waals surface area contributed by atoms with Crippen LogP contribution in [0.25, 0.3) is 5.69 Å². The van der Waals surface area contributed by atoms with Crippen LogP contribution >= 0.6 is 0 Å². The molecule has 7 heteroatoms. The van der Waals surface area contributed by atoms with Gasteiger partial charge in [-0.3, -0.25) is 4.79 Å². The Kier molecular flexibility index (Phi) is 7.26. The average Bonchev–Trinajstić information content (AvgIpc) is 3.56. The van der Waals surface area contributed by atoms with E-state index in [0.29, 0.717) is 28.7 Å². The van der Waals surface area contributed by atoms with E-state index < -0.39 is 0 Å². The van der Waals surface area contributed by atoms with Crippen LogP contribution in [-0.2, 0) is 13.1 Å². The van der Waals surface area contributed by atoms with Crippen molar-refractivity contribution in [2.75, 3.05) is 7.11 Å². The van der Waals surface area contributed by atoms with Crippen molar-refractivity contribution in [1.82, 2.24) is 14.7 Å². The summed E-state index contributed by atoms with van der Waals surface area (Å²) in [7, 11) is 1.58. The number of amides is 1. The second-order valence-corrected chi connectivity index (χ2v) is 9.01. The van der Waals surface area contributed by atoms with Crippen molar-refractivity contribution < 1.29 is 18.7 Å². The number of methoxy groups -OCH3 is 1. The lowest BCUT2D eigenvalue weighted by atomic mass is 10.1. The third kappa shape index (κ3) is 5.47. The monoisotopic (exact) mass is 507 g/mol. The highest BCUT2D eigenvalue weighted by atomic mass is 16.5. The maximum absolute atomic E-state index is 13.8. The lowest BCUT2D eigenvalue weighted by molar-refractivity contribution is 0.0716. The fraction of sp³-hybridized carbons (Fsp3) is 0.161. The SMILES string of the molecule is COc1cccc(C(=O)N(Cc2ccco2)Cc2c(C)nn(-c3ccccc3)c2Oc2cccc(C)c2)c1. The number of carbonyl (C=O) groups is 1. The molecule has 0 saturated heterocycles. The number of nitrogens with zero attached hydrogens (tertiary/aromatic N) is 3. The maximum Gasteiger partial charge on any atom is 0.254 e. The quantitative estimate of drug-likeness (QED) is 0.221. The summed E-state index contributed by atoms with van der Waals surface area (Å²) >= 11 is 0. The van der Waals surface area contributed by atoms with Crippen molar-refractivity contribution in [1.29, 1.82) is 0 Å². The molecule has 0 aliphatic rings. The van der Waals surface area contributed by atoms with E-state index in [9.17, 15) is 4.79 Å². The summed E-state index contributed by atoms with van der Waals surface area (Å²) < 4.78 is 19.2. The third-order valence-corrected chi connectivity index (χ3v) is 6.22. The van der Waals surface area contributed by atoms with E-state index in [1.54, 1.807) is 35.1 Å². The fourth-order valence-electron chi connectivity index (χ4n) is 4.28. The van der Waals surface area contributed by atoms with Gasteiger partial charge < -0.3 is 18.8 Å². The van der Waals surface area contributed by atoms with Crippen molar-refractivity contribution in [3.63, 3.8) is 0 Å². The Morgan fingerprint density at radius 2 is 1.68 bits per heavy atom. The van der Waals surface area contributed by atoms with Gasteiger partial charge in [0.15, 0.2) is 0 Å². The first-order chi connectivity index (χ1) is 18.5. The molecule has 7 nitrogen and oxygen atoms in total. The minimum absolute atomic E-state index is 0.159. The first-order valence-corrected chi connectivity index (χ1v) is 12.4. The number of furan rings is 1. The van der Waals surface area contributed by atoms with Crippen molar-refractivity contribution in [2.24, 2.45) is 0 Å². The van der Waals surface area contributed by atoms with Gasteiger partial charge in [0.2, 0.25) is 5.88 Å². The molecule has 2 aromatic heterocycles. The zero-order chi connectivity index (χ0) is 26.5. The highest BCUT2D eigenvalue weighted by molar-refractivity contribution is 5.94. The molecule has 5 rings (SSSR count). The number of aryl methyl sites for hydroxylation is 2. The molecule has 0 radical (unpaired) electrons. The number of hydrogen-bond donors (Lipinski definition) is 0. The van der Waals surface area contributed by atoms with Crippen molar-refractivity contribution in [3.8, 4) is 23.1 Å². The Morgan fingerprint density at radius 3 is 2.42 bits per heavy atom. The average molecular weight is 508 g/mol. The minimum atomic E-state index is -0.159. The van der Waals surface area contributed by atoms with Crippen LogP contribution < -0.4 is 9.47 Å². The van der Waals surface area contributed by atoms with Gasteiger partial charge in [-0.05, 0) is 74.0 Å². The Labute approximate surface area is 221 Å². The molecule has 1 amide bonds. The number of para-hydroxylation sites is 1. The van der Waals surface area contributed by atoms with E-state index in [4.69, 9.17) is 19.0 Å². The molecule has 5 aromatic rings. The van der Waals surface area contributed by atoms with Crippen molar-refractivity contribution in [2.45, 2.75) is 26.9 Å². The van der Waals surface area contributed by atoms with Crippen LogP contribution in [0.5, 0.6) is 17.4 Å². The lowest BCUT2D eigenvalue weighted by Gasteiger charge is -2.23. The van der Waals surface area contributed by atoms with Gasteiger partial charge in [-0.25, -0.2) is 4.68 Å². The summed E-state index contributed by atoms with van der Waals surface area (Å²) in [6.07, 6.45) is 1.61. The van der Waals surface area contributed by atoms with Crippen LogP contribution in [0, 0.1) is 13.8 Å². The Hall–Kier alpha value is -4.78. The van der Waals surface area contributed by atoms with Crippen LogP contribution in [-0.4, -0.2) is 27.7 Å². The van der Waals surface area contributed by atoms with E-state index in [2.05, 4.69) is 0 Å². The van der Waals surface area contributed by atoms with Crippen molar-refractivity contribution >= 4 is 5.91 Å². The molecule has 0 bridgehead atoms. The zero-order valence-electron chi connectivity index (χ0n) is 21.6. The number of benzene rings is 3. The first kappa shape index (κ1) is 24.9. The molecule has 0 fully saturated rings. The Bertz CT molecular complexity index is 1520. The van der Waals surface area contributed by atoms with Gasteiger partial charge in [-0.2, -0.15) is 5.10 Å². The smallest absolute Gasteiger partial charge is 0.254 e. The number of ether oxygens (including phenoxy) is 2. The maximum atomic E-state index is 13.8. The normalized spacial score (nSPS) is 10.8. The van der Waals surface area contributed by atoms with Crippen LogP contribution in [0.15, 0.2) is 102 Å². The number of aromatic nitrogens is 2. The molecular formula is C31H29N3O4. The van der Waals surface area contributed by atoms with Crippen LogP contribution in [0.3, 0.4) is 0 Å². The standard InChI is InChI=1S/C31H29N3O4/c1-22-10-7-15-27(18-22)38-31-29(23(2)32-34(31)25-12-5-4-6-13-25)21-33(20-28-16-9-17-37-28)30(35)24-11-8-14-26(19-24)36-3/h4-19H,20-21H2,1-3H3. The van der Waals surface area contributed by atoms with Gasteiger partial charge in [0.1, 0.15) is 17.3 Å². The van der Waals surface area contributed by atoms with Gasteiger partial charge >= 0.3 is 0 Å². The van der Waals surface area contributed by atoms with Crippen LogP contribution in [0.2, 0.25) is 0 Å². The predicted molar refractivity (Wildman–Crippen MR) is 145 cm³/mol. The summed E-state index contributed by atoms with van der Waals surface area (Å²) in [5.41, 5.74) is 4.03. The third-order valence-electron chi connectivity index (χ3n) is 6.22. The van der Waals surface area contributed by atoms with E-state index in [1.807, 2.05) is 92.7 Å². The molecule has 192 valence electrons. The lowest BCUT2D eigenvalue weighted by Crippen LogP contribution is -2.30. The van der Waals surface area contributed by atoms with E-state index in [1.165, 1.54) is 0 Å². The second kappa shape index (κ2) is 11.1. The molecular weight excluding hydrogens is 478 g/mol. The number of carbonyl (C=O) groups excluding carboxylic acids is 1. The molecule has 0 aliphatic carbocycles. The minimum Gasteiger partial charge on any atom is -0.497 e. The molecule has 38 heavy (non-hydrogen) atoms. The molecule has 3 aromatic carbocycles. The fourth-order valence-corrected chi connectivity index (χ4v) is 4.28. The summed E-state index contributed by atoms with van der Waals surface area (Å²) in [6.45, 7) is 4.49. The van der Waals surface area contributed by atoms with Gasteiger partial charge in [0, 0.05) is 5.56 Å². The summed E-state index contributed by atoms with van der Waals surface area (Å²) in [5, 5.41) is 4.82. The first-order valence-electron chi connectivity index (χ1n) is 12.4. The molecule has 0 atom stereocenters. The second-order valence-electron chi connectivity index (χ2n) is 9.01. The molecule has 2 heterocycles. The predicted octanol–water partition coefficient (Wildman–Crippen LogP) is 6.73. The highest BCUT2D eigenvalue weighted by Gasteiger charge is 2.25.